The Labute approximate surface area is 129 Å². The zero-order chi connectivity index (χ0) is 20.2. The topological polar surface area (TPSA) is 80.3 Å². The van der Waals surface area contributed by atoms with Crippen LogP contribution in [0.15, 0.2) is 0 Å². The van der Waals surface area contributed by atoms with Crippen molar-refractivity contribution in [1.29, 1.82) is 0 Å². The van der Waals surface area contributed by atoms with Crippen LogP contribution in [-0.2, 0) is 19.3 Å². The van der Waals surface area contributed by atoms with Gasteiger partial charge in [-0.1, -0.05) is 4.13 Å². The minimum atomic E-state index is -8.01. The van der Waals surface area contributed by atoms with Gasteiger partial charge in [0.15, 0.2) is 0 Å². The molecule has 0 rings (SSSR count). The van der Waals surface area contributed by atoms with Crippen LogP contribution in [0.3, 0.4) is 0 Å². The van der Waals surface area contributed by atoms with E-state index in [0.29, 0.717) is 0 Å². The van der Waals surface area contributed by atoms with Crippen LogP contribution in [0, 0.1) is 0 Å². The zero-order valence-corrected chi connectivity index (χ0v) is 12.4. The number of hydrogen-bond donors (Lipinski definition) is 1. The Bertz CT molecular complexity index is 696. The van der Waals surface area contributed by atoms with Crippen molar-refractivity contribution >= 4 is 29.9 Å². The molecule has 5 nitrogen and oxygen atoms in total. The maximum atomic E-state index is 13.0. The fraction of sp³-hybridized carbons (Fsp3) is 1.00. The van der Waals surface area contributed by atoms with Crippen molar-refractivity contribution in [2.75, 3.05) is 0 Å². The average Bonchev–Trinajstić information content (AvgIpc) is 2.22. The summed E-state index contributed by atoms with van der Waals surface area (Å²) in [5.74, 6) is -23.7. The lowest BCUT2D eigenvalue weighted by molar-refractivity contribution is -0.413. The third kappa shape index (κ3) is 3.50. The lowest BCUT2D eigenvalue weighted by atomic mass is 10.0. The van der Waals surface area contributed by atoms with Crippen LogP contribution in [0.2, 0.25) is 0 Å². The monoisotopic (exact) mass is 447 g/mol. The Morgan fingerprint density at radius 2 is 0.958 bits per heavy atom. The molecule has 0 spiro atoms. The average molecular weight is 448 g/mol. The molecule has 24 heavy (non-hydrogen) atoms. The van der Waals surface area contributed by atoms with Crippen molar-refractivity contribution in [2.24, 2.45) is 0 Å². The van der Waals surface area contributed by atoms with Crippen molar-refractivity contribution in [3.05, 3.63) is 0 Å². The Balaban J connectivity index is 6.42. The van der Waals surface area contributed by atoms with E-state index >= 15 is 0 Å². The molecule has 0 unspecified atom stereocenters. The molecule has 0 aromatic carbocycles. The maximum absolute atomic E-state index is 13.0. The fourth-order valence-electron chi connectivity index (χ4n) is 0.910. The van der Waals surface area contributed by atoms with Crippen LogP contribution in [0.4, 0.5) is 48.3 Å². The highest BCUT2D eigenvalue weighted by molar-refractivity contribution is 8.19. The van der Waals surface area contributed by atoms with Crippen LogP contribution in [0.25, 0.3) is 0 Å². The first-order chi connectivity index (χ1) is 9.96. The SMILES string of the molecule is O=S(=O)(Cl)NS(=O)(=O)C(F)(F)C(F)(F)C(F)(F)C(F)(F)C(F)(F)F. The Morgan fingerprint density at radius 3 is 1.21 bits per heavy atom. The van der Waals surface area contributed by atoms with E-state index in [0.717, 1.165) is 0 Å². The summed E-state index contributed by atoms with van der Waals surface area (Å²) in [5.41, 5.74) is 0. The number of halogens is 12. The van der Waals surface area contributed by atoms with Gasteiger partial charge in [0.05, 0.1) is 0 Å². The van der Waals surface area contributed by atoms with E-state index in [4.69, 9.17) is 0 Å². The second-order valence-corrected chi connectivity index (χ2v) is 8.04. The van der Waals surface area contributed by atoms with Gasteiger partial charge in [-0.05, 0) is 0 Å². The van der Waals surface area contributed by atoms with Gasteiger partial charge in [-0.15, -0.1) is 0 Å². The molecule has 0 heterocycles. The molecule has 0 bridgehead atoms. The highest BCUT2D eigenvalue weighted by Crippen LogP contribution is 2.58. The van der Waals surface area contributed by atoms with E-state index in [-0.39, 0.29) is 0 Å². The molecule has 146 valence electrons. The number of rotatable bonds is 6. The van der Waals surface area contributed by atoms with E-state index in [1.165, 1.54) is 0 Å². The van der Waals surface area contributed by atoms with Gasteiger partial charge < -0.3 is 0 Å². The molecule has 0 aromatic rings. The van der Waals surface area contributed by atoms with Gasteiger partial charge >= 0.3 is 38.4 Å². The van der Waals surface area contributed by atoms with Crippen molar-refractivity contribution < 1.29 is 65.1 Å². The van der Waals surface area contributed by atoms with Crippen molar-refractivity contribution in [2.45, 2.75) is 29.2 Å². The molecular weight excluding hydrogens is 447 g/mol. The molecule has 0 saturated carbocycles. The molecule has 1 N–H and O–H groups in total. The molecule has 19 heteroatoms. The van der Waals surface area contributed by atoms with Crippen LogP contribution < -0.4 is 4.13 Å². The summed E-state index contributed by atoms with van der Waals surface area (Å²) < 4.78 is 179. The third-order valence-corrected chi connectivity index (χ3v) is 5.23. The molecule has 0 aliphatic carbocycles. The molecular formula is C5HClF11NO4S2. The summed E-state index contributed by atoms with van der Waals surface area (Å²) in [6, 6.07) is 0. The number of nitrogens with one attached hydrogen (secondary N) is 1. The third-order valence-electron chi connectivity index (χ3n) is 2.06. The van der Waals surface area contributed by atoms with Crippen LogP contribution in [0.5, 0.6) is 0 Å². The first-order valence-corrected chi connectivity index (χ1v) is 8.30. The molecule has 0 radical (unpaired) electrons. The minimum absolute atomic E-state index is 0.475. The molecule has 0 saturated heterocycles. The van der Waals surface area contributed by atoms with Gasteiger partial charge in [0.25, 0.3) is 10.0 Å². The van der Waals surface area contributed by atoms with Gasteiger partial charge in [0.1, 0.15) is 0 Å². The maximum Gasteiger partial charge on any atom is 0.460 e. The highest BCUT2D eigenvalue weighted by atomic mass is 35.7. The van der Waals surface area contributed by atoms with Crippen molar-refractivity contribution in [1.82, 2.24) is 4.13 Å². The molecule has 0 amide bonds. The summed E-state index contributed by atoms with van der Waals surface area (Å²) >= 11 is 0. The van der Waals surface area contributed by atoms with Gasteiger partial charge in [-0.3, -0.25) is 0 Å². The van der Waals surface area contributed by atoms with E-state index < -0.39 is 52.6 Å². The van der Waals surface area contributed by atoms with Crippen molar-refractivity contribution in [3.63, 3.8) is 0 Å². The summed E-state index contributed by atoms with van der Waals surface area (Å²) in [7, 11) is -9.33. The van der Waals surface area contributed by atoms with E-state index in [9.17, 15) is 65.1 Å². The van der Waals surface area contributed by atoms with Crippen LogP contribution in [-0.4, -0.2) is 46.0 Å². The summed E-state index contributed by atoms with van der Waals surface area (Å²) in [6.07, 6.45) is -7.49. The smallest absolute Gasteiger partial charge is 0.205 e. The fourth-order valence-corrected chi connectivity index (χ4v) is 3.59. The summed E-state index contributed by atoms with van der Waals surface area (Å²) in [6.45, 7) is 0. The number of hydrogen-bond acceptors (Lipinski definition) is 4. The molecule has 0 aliphatic heterocycles. The highest BCUT2D eigenvalue weighted by Gasteiger charge is 2.89. The predicted molar refractivity (Wildman–Crippen MR) is 52.7 cm³/mol. The van der Waals surface area contributed by atoms with Gasteiger partial charge in [0, 0.05) is 10.7 Å². The predicted octanol–water partition coefficient (Wildman–Crippen LogP) is 2.45. The Hall–Kier alpha value is -0.620. The second kappa shape index (κ2) is 5.70. The minimum Gasteiger partial charge on any atom is -0.205 e. The quantitative estimate of drug-likeness (QED) is 0.501. The van der Waals surface area contributed by atoms with Crippen molar-refractivity contribution in [3.8, 4) is 0 Å². The summed E-state index contributed by atoms with van der Waals surface area (Å²) in [4.78, 5) is 0. The first-order valence-electron chi connectivity index (χ1n) is 4.51. The Morgan fingerprint density at radius 1 is 0.625 bits per heavy atom. The van der Waals surface area contributed by atoms with Crippen LogP contribution >= 0.6 is 10.7 Å². The van der Waals surface area contributed by atoms with Gasteiger partial charge in [-0.2, -0.15) is 56.7 Å². The number of alkyl halides is 11. The largest absolute Gasteiger partial charge is 0.460 e. The molecule has 0 aromatic heterocycles. The summed E-state index contributed by atoms with van der Waals surface area (Å²) in [5, 5.41) is -7.46. The number of sulfonamides is 1. The van der Waals surface area contributed by atoms with E-state index in [2.05, 4.69) is 10.7 Å². The first kappa shape index (κ1) is 23.4. The van der Waals surface area contributed by atoms with Crippen LogP contribution in [0.1, 0.15) is 0 Å². The van der Waals surface area contributed by atoms with Gasteiger partial charge in [0.2, 0.25) is 0 Å². The van der Waals surface area contributed by atoms with E-state index in [1.807, 2.05) is 0 Å². The lowest BCUT2D eigenvalue weighted by Gasteiger charge is -2.36. The molecule has 0 fully saturated rings. The van der Waals surface area contributed by atoms with E-state index in [1.54, 1.807) is 0 Å². The normalized spacial score (nSPS) is 16.3. The molecule has 0 aliphatic rings. The standard InChI is InChI=1S/C5HClF11NO4S2/c6-24(21,22)18-23(19,20)5(16,17)3(11,12)1(7,8)2(9,10)4(13,14)15/h18H. The molecule has 0 atom stereocenters. The zero-order valence-electron chi connectivity index (χ0n) is 9.99. The Kier molecular flexibility index (Phi) is 5.55. The second-order valence-electron chi connectivity index (χ2n) is 3.76. The van der Waals surface area contributed by atoms with Gasteiger partial charge in [-0.25, -0.2) is 8.42 Å². The lowest BCUT2D eigenvalue weighted by Crippen LogP contribution is -2.69.